The van der Waals surface area contributed by atoms with Gasteiger partial charge in [0, 0.05) is 4.90 Å². The molecule has 142 valence electrons. The maximum Gasteiger partial charge on any atom is 0.349 e. The minimum atomic E-state index is -0.571. The molecule has 0 radical (unpaired) electrons. The van der Waals surface area contributed by atoms with Crippen LogP contribution in [0.5, 0.6) is 5.75 Å². The minimum absolute atomic E-state index is 0.0753. The van der Waals surface area contributed by atoms with Crippen LogP contribution >= 0.6 is 11.8 Å². The molecule has 0 bridgehead atoms. The van der Waals surface area contributed by atoms with E-state index in [2.05, 4.69) is 12.1 Å². The Balaban J connectivity index is 1.70. The summed E-state index contributed by atoms with van der Waals surface area (Å²) >= 11 is 1.66. The smallest absolute Gasteiger partial charge is 0.349 e. The highest BCUT2D eigenvalue weighted by Crippen LogP contribution is 2.41. The molecular weight excluding hydrogens is 382 g/mol. The second-order valence-corrected chi connectivity index (χ2v) is 8.11. The maximum atomic E-state index is 12.8. The first-order valence-electron chi connectivity index (χ1n) is 9.34. The standard InChI is InChI=1S/C24H17NO3S/c26-23-16-10-4-6-12-18(16)28-24(27)21(23)22-20(14-15-8-2-1-3-9-15)29-19-13-7-5-11-17(19)25-22/h1-13,20,26H,14H2. The minimum Gasteiger partial charge on any atom is -0.506 e. The van der Waals surface area contributed by atoms with Crippen molar-refractivity contribution in [3.63, 3.8) is 0 Å². The van der Waals surface area contributed by atoms with Crippen molar-refractivity contribution in [1.82, 2.24) is 0 Å². The molecule has 3 aromatic carbocycles. The zero-order valence-electron chi connectivity index (χ0n) is 15.4. The molecule has 1 aliphatic rings. The number of benzene rings is 3. The third-order valence-electron chi connectivity index (χ3n) is 4.99. The van der Waals surface area contributed by atoms with Crippen molar-refractivity contribution in [2.75, 3.05) is 0 Å². The van der Waals surface area contributed by atoms with Crippen LogP contribution in [0.2, 0.25) is 0 Å². The van der Waals surface area contributed by atoms with Crippen LogP contribution in [0.25, 0.3) is 11.0 Å². The molecule has 1 aliphatic heterocycles. The summed E-state index contributed by atoms with van der Waals surface area (Å²) in [4.78, 5) is 18.7. The van der Waals surface area contributed by atoms with Gasteiger partial charge in [0.15, 0.2) is 0 Å². The zero-order chi connectivity index (χ0) is 19.8. The summed E-state index contributed by atoms with van der Waals surface area (Å²) in [6, 6.07) is 24.9. The highest BCUT2D eigenvalue weighted by molar-refractivity contribution is 8.01. The summed E-state index contributed by atoms with van der Waals surface area (Å²) in [5, 5.41) is 11.3. The van der Waals surface area contributed by atoms with Crippen LogP contribution in [0.3, 0.4) is 0 Å². The van der Waals surface area contributed by atoms with Gasteiger partial charge in [-0.05, 0) is 36.2 Å². The Morgan fingerprint density at radius 3 is 2.52 bits per heavy atom. The molecule has 1 N–H and O–H groups in total. The van der Waals surface area contributed by atoms with Crippen LogP contribution in [-0.4, -0.2) is 16.1 Å². The van der Waals surface area contributed by atoms with Crippen LogP contribution in [0.4, 0.5) is 5.69 Å². The SMILES string of the molecule is O=c1oc2ccccc2c(O)c1C1=Nc2ccccc2SC1Cc1ccccc1. The molecule has 0 saturated carbocycles. The number of rotatable bonds is 3. The van der Waals surface area contributed by atoms with Crippen LogP contribution in [0.1, 0.15) is 11.1 Å². The Labute approximate surface area is 171 Å². The zero-order valence-corrected chi connectivity index (χ0v) is 16.2. The molecule has 1 atom stereocenters. The van der Waals surface area contributed by atoms with E-state index in [4.69, 9.17) is 9.41 Å². The van der Waals surface area contributed by atoms with E-state index in [1.54, 1.807) is 36.0 Å². The summed E-state index contributed by atoms with van der Waals surface area (Å²) in [7, 11) is 0. The number of nitrogens with zero attached hydrogens (tertiary/aromatic N) is 1. The molecule has 29 heavy (non-hydrogen) atoms. The molecule has 1 unspecified atom stereocenters. The maximum absolute atomic E-state index is 12.8. The van der Waals surface area contributed by atoms with Crippen molar-refractivity contribution in [2.45, 2.75) is 16.6 Å². The van der Waals surface area contributed by atoms with Crippen LogP contribution in [0, 0.1) is 0 Å². The molecular formula is C24H17NO3S. The Kier molecular flexibility index (Phi) is 4.45. The van der Waals surface area contributed by atoms with Gasteiger partial charge in [0.05, 0.1) is 22.0 Å². The van der Waals surface area contributed by atoms with Crippen molar-refractivity contribution >= 4 is 34.1 Å². The summed E-state index contributed by atoms with van der Waals surface area (Å²) in [6.07, 6.45) is 0.685. The molecule has 0 aliphatic carbocycles. The highest BCUT2D eigenvalue weighted by atomic mass is 32.2. The van der Waals surface area contributed by atoms with Gasteiger partial charge < -0.3 is 9.52 Å². The Morgan fingerprint density at radius 1 is 0.931 bits per heavy atom. The number of aliphatic imine (C=N–C) groups is 1. The first-order valence-corrected chi connectivity index (χ1v) is 10.2. The lowest BCUT2D eigenvalue weighted by atomic mass is 10.00. The van der Waals surface area contributed by atoms with E-state index in [9.17, 15) is 9.90 Å². The van der Waals surface area contributed by atoms with Gasteiger partial charge in [-0.25, -0.2) is 4.79 Å². The third kappa shape index (κ3) is 3.23. The van der Waals surface area contributed by atoms with E-state index in [0.717, 1.165) is 16.1 Å². The Morgan fingerprint density at radius 2 is 1.66 bits per heavy atom. The molecule has 1 aromatic heterocycles. The fourth-order valence-electron chi connectivity index (χ4n) is 3.60. The first-order chi connectivity index (χ1) is 14.2. The Bertz CT molecular complexity index is 1290. The van der Waals surface area contributed by atoms with E-state index in [-0.39, 0.29) is 16.6 Å². The molecule has 0 saturated heterocycles. The predicted molar refractivity (Wildman–Crippen MR) is 117 cm³/mol. The largest absolute Gasteiger partial charge is 0.506 e. The van der Waals surface area contributed by atoms with Crippen molar-refractivity contribution in [3.05, 3.63) is 100 Å². The summed E-state index contributed by atoms with van der Waals surface area (Å²) in [5.74, 6) is -0.0753. The normalized spacial score (nSPS) is 15.7. The summed E-state index contributed by atoms with van der Waals surface area (Å²) < 4.78 is 5.51. The molecule has 5 rings (SSSR count). The van der Waals surface area contributed by atoms with Gasteiger partial charge in [-0.2, -0.15) is 0 Å². The van der Waals surface area contributed by atoms with Crippen molar-refractivity contribution < 1.29 is 9.52 Å². The molecule has 5 heteroatoms. The van der Waals surface area contributed by atoms with Gasteiger partial charge in [-0.15, -0.1) is 11.8 Å². The van der Waals surface area contributed by atoms with Gasteiger partial charge in [0.1, 0.15) is 16.9 Å². The van der Waals surface area contributed by atoms with E-state index in [1.807, 2.05) is 42.5 Å². The van der Waals surface area contributed by atoms with Gasteiger partial charge >= 0.3 is 5.63 Å². The number of aromatic hydroxyl groups is 1. The number of fused-ring (bicyclic) bond motifs is 2. The molecule has 0 fully saturated rings. The summed E-state index contributed by atoms with van der Waals surface area (Å²) in [5.41, 5.74) is 2.42. The lowest BCUT2D eigenvalue weighted by molar-refractivity contribution is 0.466. The first kappa shape index (κ1) is 17.8. The topological polar surface area (TPSA) is 62.8 Å². The second-order valence-electron chi connectivity index (χ2n) is 6.87. The predicted octanol–water partition coefficient (Wildman–Crippen LogP) is 5.34. The molecule has 2 heterocycles. The van der Waals surface area contributed by atoms with Gasteiger partial charge in [-0.3, -0.25) is 4.99 Å². The van der Waals surface area contributed by atoms with Gasteiger partial charge in [-0.1, -0.05) is 54.6 Å². The summed E-state index contributed by atoms with van der Waals surface area (Å²) in [6.45, 7) is 0. The van der Waals surface area contributed by atoms with Crippen molar-refractivity contribution in [2.24, 2.45) is 4.99 Å². The molecule has 4 aromatic rings. The van der Waals surface area contributed by atoms with Gasteiger partial charge in [0.2, 0.25) is 0 Å². The fourth-order valence-corrected chi connectivity index (χ4v) is 4.86. The quantitative estimate of drug-likeness (QED) is 0.473. The lowest BCUT2D eigenvalue weighted by Crippen LogP contribution is -2.28. The van der Waals surface area contributed by atoms with E-state index >= 15 is 0 Å². The number of hydrogen-bond acceptors (Lipinski definition) is 5. The van der Waals surface area contributed by atoms with Crippen LogP contribution in [-0.2, 0) is 6.42 Å². The van der Waals surface area contributed by atoms with Crippen molar-refractivity contribution in [1.29, 1.82) is 0 Å². The average molecular weight is 399 g/mol. The van der Waals surface area contributed by atoms with E-state index in [1.165, 1.54) is 0 Å². The molecule has 4 nitrogen and oxygen atoms in total. The number of para-hydroxylation sites is 2. The van der Waals surface area contributed by atoms with E-state index < -0.39 is 5.63 Å². The highest BCUT2D eigenvalue weighted by Gasteiger charge is 2.30. The second kappa shape index (κ2) is 7.26. The average Bonchev–Trinajstić information content (AvgIpc) is 2.75. The number of thioether (sulfide) groups is 1. The monoisotopic (exact) mass is 399 g/mol. The van der Waals surface area contributed by atoms with Gasteiger partial charge in [0.25, 0.3) is 0 Å². The third-order valence-corrected chi connectivity index (χ3v) is 6.26. The lowest BCUT2D eigenvalue weighted by Gasteiger charge is -2.24. The molecule has 0 amide bonds. The molecule has 0 spiro atoms. The number of hydrogen-bond donors (Lipinski definition) is 1. The van der Waals surface area contributed by atoms with E-state index in [0.29, 0.717) is 23.1 Å². The van der Waals surface area contributed by atoms with Crippen LogP contribution in [0.15, 0.2) is 98.0 Å². The van der Waals surface area contributed by atoms with Crippen molar-refractivity contribution in [3.8, 4) is 5.75 Å². The van der Waals surface area contributed by atoms with Crippen LogP contribution < -0.4 is 5.63 Å². The fraction of sp³-hybridized carbons (Fsp3) is 0.0833. The Hall–Kier alpha value is -3.31.